The number of ether oxygens (including phenoxy) is 1. The van der Waals surface area contributed by atoms with Crippen LogP contribution in [-0.4, -0.2) is 40.3 Å². The number of carbonyl (C=O) groups excluding carboxylic acids is 2. The predicted molar refractivity (Wildman–Crippen MR) is 129 cm³/mol. The van der Waals surface area contributed by atoms with Crippen molar-refractivity contribution in [3.8, 4) is 5.75 Å². The van der Waals surface area contributed by atoms with Crippen LogP contribution in [0.2, 0.25) is 5.02 Å². The summed E-state index contributed by atoms with van der Waals surface area (Å²) < 4.78 is 11.2. The molecule has 7 nitrogen and oxygen atoms in total. The topological polar surface area (TPSA) is 95.8 Å². The van der Waals surface area contributed by atoms with Crippen LogP contribution >= 0.6 is 11.6 Å². The monoisotopic (exact) mass is 478 g/mol. The number of nitrogens with one attached hydrogen (secondary N) is 1. The van der Waals surface area contributed by atoms with E-state index >= 15 is 0 Å². The molecule has 0 aliphatic carbocycles. The average molecular weight is 479 g/mol. The summed E-state index contributed by atoms with van der Waals surface area (Å²) in [5, 5.41) is 12.8. The highest BCUT2D eigenvalue weighted by molar-refractivity contribution is 6.31. The molecule has 1 atom stereocenters. The summed E-state index contributed by atoms with van der Waals surface area (Å²) in [6.07, 6.45) is 3.38. The van der Waals surface area contributed by atoms with Crippen molar-refractivity contribution in [2.75, 3.05) is 13.7 Å². The Kier molecular flexibility index (Phi) is 5.57. The van der Waals surface area contributed by atoms with Crippen LogP contribution in [0.1, 0.15) is 41.9 Å². The Morgan fingerprint density at radius 3 is 2.82 bits per heavy atom. The van der Waals surface area contributed by atoms with Gasteiger partial charge in [-0.05, 0) is 24.6 Å². The molecule has 1 aliphatic rings. The molecule has 34 heavy (non-hydrogen) atoms. The highest BCUT2D eigenvalue weighted by Gasteiger charge is 2.45. The maximum atomic E-state index is 13.7. The van der Waals surface area contributed by atoms with E-state index in [0.29, 0.717) is 28.3 Å². The molecule has 0 spiro atoms. The number of amides is 1. The number of rotatable bonds is 7. The summed E-state index contributed by atoms with van der Waals surface area (Å²) >= 11 is 6.16. The van der Waals surface area contributed by atoms with Crippen molar-refractivity contribution in [2.24, 2.45) is 0 Å². The minimum absolute atomic E-state index is 0.00465. The SMILES string of the molecule is CCCCN1C(=O)C(O)=C(C(=O)c2cc3cc(Cl)cc(OC)c3o2)C1c1c[nH]c2ccccc12. The van der Waals surface area contributed by atoms with Crippen LogP contribution in [0.15, 0.2) is 64.4 Å². The number of methoxy groups -OCH3 is 1. The lowest BCUT2D eigenvalue weighted by atomic mass is 9.94. The molecule has 0 saturated heterocycles. The first-order valence-electron chi connectivity index (χ1n) is 11.1. The number of hydrogen-bond acceptors (Lipinski definition) is 5. The number of para-hydroxylation sites is 1. The molecule has 2 N–H and O–H groups in total. The van der Waals surface area contributed by atoms with Crippen molar-refractivity contribution in [1.82, 2.24) is 9.88 Å². The van der Waals surface area contributed by atoms with Gasteiger partial charge in [0.1, 0.15) is 0 Å². The molecule has 174 valence electrons. The van der Waals surface area contributed by atoms with Crippen molar-refractivity contribution in [3.05, 3.63) is 76.3 Å². The number of hydrogen-bond donors (Lipinski definition) is 2. The number of fused-ring (bicyclic) bond motifs is 2. The third kappa shape index (κ3) is 3.44. The van der Waals surface area contributed by atoms with E-state index in [9.17, 15) is 14.7 Å². The van der Waals surface area contributed by atoms with E-state index in [2.05, 4.69) is 4.98 Å². The zero-order valence-corrected chi connectivity index (χ0v) is 19.5. The second-order valence-corrected chi connectivity index (χ2v) is 8.71. The molecule has 1 amide bonds. The molecular weight excluding hydrogens is 456 g/mol. The van der Waals surface area contributed by atoms with Crippen molar-refractivity contribution < 1.29 is 23.8 Å². The van der Waals surface area contributed by atoms with E-state index < -0.39 is 23.5 Å². The van der Waals surface area contributed by atoms with E-state index in [-0.39, 0.29) is 11.3 Å². The smallest absolute Gasteiger partial charge is 0.290 e. The zero-order chi connectivity index (χ0) is 24.0. The molecule has 1 aliphatic heterocycles. The van der Waals surface area contributed by atoms with Gasteiger partial charge in [0.25, 0.3) is 5.91 Å². The van der Waals surface area contributed by atoms with E-state index in [1.165, 1.54) is 7.11 Å². The highest BCUT2D eigenvalue weighted by atomic mass is 35.5. The molecule has 2 aromatic carbocycles. The van der Waals surface area contributed by atoms with E-state index in [1.807, 2.05) is 31.2 Å². The number of halogens is 1. The number of ketones is 1. The molecule has 0 radical (unpaired) electrons. The first-order chi connectivity index (χ1) is 16.4. The summed E-state index contributed by atoms with van der Waals surface area (Å²) in [6, 6.07) is 11.7. The fourth-order valence-corrected chi connectivity index (χ4v) is 4.79. The number of benzene rings is 2. The molecule has 8 heteroatoms. The number of furan rings is 1. The Morgan fingerprint density at radius 2 is 2.06 bits per heavy atom. The Morgan fingerprint density at radius 1 is 1.26 bits per heavy atom. The van der Waals surface area contributed by atoms with Crippen molar-refractivity contribution in [3.63, 3.8) is 0 Å². The summed E-state index contributed by atoms with van der Waals surface area (Å²) in [5.74, 6) is -1.30. The predicted octanol–water partition coefficient (Wildman–Crippen LogP) is 5.95. The van der Waals surface area contributed by atoms with Crippen LogP contribution < -0.4 is 4.74 Å². The second-order valence-electron chi connectivity index (χ2n) is 8.27. The fraction of sp³-hybridized carbons (Fsp3) is 0.231. The van der Waals surface area contributed by atoms with Crippen LogP contribution in [0.5, 0.6) is 5.75 Å². The van der Waals surface area contributed by atoms with Crippen LogP contribution in [-0.2, 0) is 4.79 Å². The first-order valence-corrected chi connectivity index (χ1v) is 11.4. The zero-order valence-electron chi connectivity index (χ0n) is 18.7. The van der Waals surface area contributed by atoms with Gasteiger partial charge in [-0.25, -0.2) is 0 Å². The second kappa shape index (κ2) is 8.57. The van der Waals surface area contributed by atoms with E-state index in [0.717, 1.165) is 29.3 Å². The van der Waals surface area contributed by atoms with Crippen LogP contribution in [0.3, 0.4) is 0 Å². The van der Waals surface area contributed by atoms with Crippen molar-refractivity contribution >= 4 is 45.2 Å². The highest BCUT2D eigenvalue weighted by Crippen LogP contribution is 2.42. The van der Waals surface area contributed by atoms with Gasteiger partial charge in [-0.3, -0.25) is 9.59 Å². The quantitative estimate of drug-likeness (QED) is 0.320. The maximum Gasteiger partial charge on any atom is 0.290 e. The maximum absolute atomic E-state index is 13.7. The Bertz CT molecular complexity index is 1460. The molecular formula is C26H23ClN2O5. The van der Waals surface area contributed by atoms with Gasteiger partial charge in [0.15, 0.2) is 22.9 Å². The van der Waals surface area contributed by atoms with Crippen LogP contribution in [0, 0.1) is 0 Å². The largest absolute Gasteiger partial charge is 0.503 e. The Hall–Kier alpha value is -3.71. The average Bonchev–Trinajstić information content (AvgIpc) is 3.52. The summed E-state index contributed by atoms with van der Waals surface area (Å²) in [5.41, 5.74) is 1.98. The first kappa shape index (κ1) is 22.1. The Labute approximate surface area is 200 Å². The molecule has 0 saturated carbocycles. The van der Waals surface area contributed by atoms with Gasteiger partial charge in [0.05, 0.1) is 18.7 Å². The molecule has 5 rings (SSSR count). The number of aromatic amines is 1. The number of unbranched alkanes of at least 4 members (excludes halogenated alkanes) is 1. The third-order valence-corrected chi connectivity index (χ3v) is 6.43. The van der Waals surface area contributed by atoms with Gasteiger partial charge in [0.2, 0.25) is 5.78 Å². The molecule has 3 heterocycles. The number of aliphatic hydroxyl groups excluding tert-OH is 1. The molecule has 0 fully saturated rings. The summed E-state index contributed by atoms with van der Waals surface area (Å²) in [4.78, 5) is 31.6. The summed E-state index contributed by atoms with van der Waals surface area (Å²) in [7, 11) is 1.48. The Balaban J connectivity index is 1.65. The lowest BCUT2D eigenvalue weighted by Gasteiger charge is -2.26. The number of Topliss-reactive ketones (excluding diaryl/α,β-unsaturated/α-hetero) is 1. The van der Waals surface area contributed by atoms with Gasteiger partial charge < -0.3 is 24.1 Å². The number of carbonyl (C=O) groups is 2. The van der Waals surface area contributed by atoms with Gasteiger partial charge in [0, 0.05) is 45.7 Å². The fourth-order valence-electron chi connectivity index (χ4n) is 4.57. The van der Waals surface area contributed by atoms with Gasteiger partial charge >= 0.3 is 0 Å². The van der Waals surface area contributed by atoms with Gasteiger partial charge in [-0.2, -0.15) is 0 Å². The lowest BCUT2D eigenvalue weighted by Crippen LogP contribution is -2.32. The summed E-state index contributed by atoms with van der Waals surface area (Å²) in [6.45, 7) is 2.43. The number of nitrogens with zero attached hydrogens (tertiary/aromatic N) is 1. The molecule has 4 aromatic rings. The standard InChI is InChI=1S/C26H23ClN2O5/c1-3-4-9-29-22(17-13-28-18-8-6-5-7-16(17)18)21(24(31)26(29)32)23(30)19-11-14-10-15(27)12-20(33-2)25(14)34-19/h5-8,10-13,22,28,31H,3-4,9H2,1-2H3. The van der Waals surface area contributed by atoms with Crippen LogP contribution in [0.25, 0.3) is 21.9 Å². The lowest BCUT2D eigenvalue weighted by molar-refractivity contribution is -0.129. The number of aromatic nitrogens is 1. The van der Waals surface area contributed by atoms with E-state index in [1.54, 1.807) is 29.3 Å². The number of H-pyrrole nitrogens is 1. The van der Waals surface area contributed by atoms with Gasteiger partial charge in [-0.15, -0.1) is 0 Å². The van der Waals surface area contributed by atoms with Crippen molar-refractivity contribution in [2.45, 2.75) is 25.8 Å². The normalized spacial score (nSPS) is 16.3. The van der Waals surface area contributed by atoms with Crippen LogP contribution in [0.4, 0.5) is 0 Å². The minimum Gasteiger partial charge on any atom is -0.503 e. The molecule has 2 aromatic heterocycles. The van der Waals surface area contributed by atoms with E-state index in [4.69, 9.17) is 20.8 Å². The molecule has 1 unspecified atom stereocenters. The molecule has 0 bridgehead atoms. The van der Waals surface area contributed by atoms with Gasteiger partial charge in [-0.1, -0.05) is 43.1 Å². The minimum atomic E-state index is -0.749. The number of aliphatic hydroxyl groups is 1. The third-order valence-electron chi connectivity index (χ3n) is 6.21. The van der Waals surface area contributed by atoms with Crippen molar-refractivity contribution in [1.29, 1.82) is 0 Å².